The molecule has 0 saturated carbocycles. The van der Waals surface area contributed by atoms with Crippen LogP contribution < -0.4 is 20.4 Å². The quantitative estimate of drug-likeness (QED) is 0.321. The predicted octanol–water partition coefficient (Wildman–Crippen LogP) is 4.75. The van der Waals surface area contributed by atoms with Gasteiger partial charge < -0.3 is 10.0 Å². The summed E-state index contributed by atoms with van der Waals surface area (Å²) < 4.78 is 0. The highest BCUT2D eigenvalue weighted by Crippen LogP contribution is 2.33. The molecule has 0 fully saturated rings. The molecule has 1 aliphatic carbocycles. The largest absolute Gasteiger partial charge is 0.871 e. The summed E-state index contributed by atoms with van der Waals surface area (Å²) in [5, 5.41) is 14.7. The van der Waals surface area contributed by atoms with Crippen LogP contribution in [0.25, 0.3) is 17.7 Å². The number of Topliss-reactive ketones (excluding diaryl/α,β-unsaturated/α-hetero) is 2. The van der Waals surface area contributed by atoms with Crippen molar-refractivity contribution in [2.24, 2.45) is 0 Å². The van der Waals surface area contributed by atoms with Crippen LogP contribution in [-0.4, -0.2) is 24.7 Å². The number of aryl methyl sites for hydroxylation is 2. The van der Waals surface area contributed by atoms with Gasteiger partial charge in [0.25, 0.3) is 0 Å². The van der Waals surface area contributed by atoms with Gasteiger partial charge in [-0.15, -0.1) is 0 Å². The molecule has 0 N–H and O–H groups in total. The average molecular weight is 487 g/mol. The average Bonchev–Trinajstić information content (AvgIpc) is 3.06. The lowest BCUT2D eigenvalue weighted by Gasteiger charge is -2.26. The molecule has 3 rings (SSSR count). The molecule has 4 nitrogen and oxygen atoms in total. The van der Waals surface area contributed by atoms with Gasteiger partial charge in [0.1, 0.15) is 0 Å². The first-order valence-corrected chi connectivity index (χ1v) is 13.5. The molecule has 0 atom stereocenters. The summed E-state index contributed by atoms with van der Waals surface area (Å²) in [7, 11) is 0. The van der Waals surface area contributed by atoms with Gasteiger partial charge in [-0.05, 0) is 65.9 Å². The van der Waals surface area contributed by atoms with Crippen molar-refractivity contribution in [2.45, 2.75) is 79.1 Å². The van der Waals surface area contributed by atoms with E-state index in [-0.39, 0.29) is 11.1 Å². The van der Waals surface area contributed by atoms with Crippen LogP contribution >= 0.6 is 0 Å². The van der Waals surface area contributed by atoms with E-state index in [1.165, 1.54) is 38.5 Å². The van der Waals surface area contributed by atoms with Gasteiger partial charge in [0.05, 0.1) is 0 Å². The third kappa shape index (κ3) is 6.16. The molecule has 0 radical (unpaired) electrons. The van der Waals surface area contributed by atoms with E-state index in [1.54, 1.807) is 12.1 Å². The van der Waals surface area contributed by atoms with Gasteiger partial charge in [-0.3, -0.25) is 9.59 Å². The number of nitrogens with zero attached hydrogens (tertiary/aromatic N) is 1. The molecule has 1 aliphatic rings. The molecule has 0 spiro atoms. The van der Waals surface area contributed by atoms with E-state index in [2.05, 4.69) is 31.4 Å². The van der Waals surface area contributed by atoms with Gasteiger partial charge in [0.15, 0.2) is 0 Å². The van der Waals surface area contributed by atoms with Crippen LogP contribution in [0.15, 0.2) is 42.2 Å². The summed E-state index contributed by atoms with van der Waals surface area (Å²) >= 11 is 0. The highest BCUT2D eigenvalue weighted by molar-refractivity contribution is 6.70. The third-order valence-electron chi connectivity index (χ3n) is 7.08. The smallest absolute Gasteiger partial charge is 0.233 e. The normalized spacial score (nSPS) is 15.2. The standard InChI is InChI=1S/C32H41NO3/c1-6-8-10-12-18-33(19-13-11-9-7-2)25-15-17-27(24(5)21-25)29-30(34)28(31(35)32(29)36)26-16-14-22(3)20-23(26)4/h14-17,20-21,34H,3,6-13,18-19H2,1-2,4-5H3/p-1/b28-26-. The Labute approximate surface area is 216 Å². The van der Waals surface area contributed by atoms with Crippen LogP contribution in [0, 0.1) is 13.8 Å². The van der Waals surface area contributed by atoms with E-state index in [4.69, 9.17) is 0 Å². The highest BCUT2D eigenvalue weighted by Gasteiger charge is 2.33. The summed E-state index contributed by atoms with van der Waals surface area (Å²) in [4.78, 5) is 28.3. The minimum Gasteiger partial charge on any atom is -0.871 e. The predicted molar refractivity (Wildman–Crippen MR) is 148 cm³/mol. The molecule has 0 aliphatic heterocycles. The highest BCUT2D eigenvalue weighted by atomic mass is 16.3. The number of anilines is 1. The van der Waals surface area contributed by atoms with Crippen LogP contribution in [0.1, 0.15) is 81.9 Å². The van der Waals surface area contributed by atoms with Crippen LogP contribution in [0.3, 0.4) is 0 Å². The van der Waals surface area contributed by atoms with Crippen molar-refractivity contribution >= 4 is 35.0 Å². The summed E-state index contributed by atoms with van der Waals surface area (Å²) in [6.07, 6.45) is 9.64. The second kappa shape index (κ2) is 12.7. The van der Waals surface area contributed by atoms with Crippen LogP contribution in [0.4, 0.5) is 5.69 Å². The SMILES string of the molecule is C=c1cc/c(=C2/C(=O)C(=O)C(c3ccc(N(CCCCCC)CCCCCC)cc3C)=C2[O-])c(C)c1. The first-order valence-electron chi connectivity index (χ1n) is 13.5. The molecule has 0 aromatic heterocycles. The summed E-state index contributed by atoms with van der Waals surface area (Å²) in [5.74, 6) is -1.90. The number of unbranched alkanes of at least 4 members (excludes halogenated alkanes) is 6. The first-order chi connectivity index (χ1) is 17.3. The minimum absolute atomic E-state index is 0.00501. The number of rotatable bonds is 12. The number of hydrogen-bond acceptors (Lipinski definition) is 4. The van der Waals surface area contributed by atoms with Gasteiger partial charge in [-0.25, -0.2) is 0 Å². The Balaban J connectivity index is 1.96. The maximum Gasteiger partial charge on any atom is 0.233 e. The molecule has 0 saturated heterocycles. The topological polar surface area (TPSA) is 60.4 Å². The maximum atomic E-state index is 13.4. The van der Waals surface area contributed by atoms with Crippen molar-refractivity contribution in [1.82, 2.24) is 0 Å². The molecule has 0 bridgehead atoms. The lowest BCUT2D eigenvalue weighted by molar-refractivity contribution is -0.290. The van der Waals surface area contributed by atoms with Crippen molar-refractivity contribution in [2.75, 3.05) is 18.0 Å². The maximum absolute atomic E-state index is 13.4. The molecule has 0 amide bonds. The Morgan fingerprint density at radius 2 is 1.36 bits per heavy atom. The lowest BCUT2D eigenvalue weighted by atomic mass is 9.97. The second-order valence-electron chi connectivity index (χ2n) is 9.99. The van der Waals surface area contributed by atoms with Crippen molar-refractivity contribution < 1.29 is 14.7 Å². The molecule has 192 valence electrons. The fourth-order valence-corrected chi connectivity index (χ4v) is 5.01. The van der Waals surface area contributed by atoms with Crippen LogP contribution in [0.5, 0.6) is 0 Å². The Morgan fingerprint density at radius 3 is 1.92 bits per heavy atom. The minimum atomic E-state index is -0.716. The zero-order valence-electron chi connectivity index (χ0n) is 22.4. The van der Waals surface area contributed by atoms with E-state index in [0.717, 1.165) is 48.0 Å². The van der Waals surface area contributed by atoms with Crippen molar-refractivity contribution in [3.8, 4) is 0 Å². The van der Waals surface area contributed by atoms with Gasteiger partial charge in [0, 0.05) is 29.9 Å². The Kier molecular flexibility index (Phi) is 9.69. The molecular formula is C32H40NO3-. The summed E-state index contributed by atoms with van der Waals surface area (Å²) in [5.41, 5.74) is 3.25. The zero-order valence-corrected chi connectivity index (χ0v) is 22.4. The van der Waals surface area contributed by atoms with Crippen molar-refractivity contribution in [3.05, 3.63) is 69.3 Å². The Hall–Kier alpha value is -3.14. The Bertz CT molecular complexity index is 1240. The number of ketones is 2. The molecule has 2 aromatic carbocycles. The van der Waals surface area contributed by atoms with Gasteiger partial charge in [-0.1, -0.05) is 89.0 Å². The number of benzene rings is 2. The van der Waals surface area contributed by atoms with E-state index in [0.29, 0.717) is 10.8 Å². The number of hydrogen-bond donors (Lipinski definition) is 0. The monoisotopic (exact) mass is 486 g/mol. The van der Waals surface area contributed by atoms with Gasteiger partial charge in [0.2, 0.25) is 11.6 Å². The molecule has 2 aromatic rings. The van der Waals surface area contributed by atoms with Crippen LogP contribution in [0.2, 0.25) is 0 Å². The van der Waals surface area contributed by atoms with E-state index < -0.39 is 17.3 Å². The number of allylic oxidation sites excluding steroid dienone is 2. The van der Waals surface area contributed by atoms with E-state index in [9.17, 15) is 14.7 Å². The molecule has 0 unspecified atom stereocenters. The van der Waals surface area contributed by atoms with Crippen LogP contribution in [-0.2, 0) is 9.59 Å². The second-order valence-corrected chi connectivity index (χ2v) is 9.99. The molecule has 4 heteroatoms. The number of carbonyl (C=O) groups is 2. The van der Waals surface area contributed by atoms with Gasteiger partial charge in [-0.2, -0.15) is 0 Å². The summed E-state index contributed by atoms with van der Waals surface area (Å²) in [6, 6.07) is 11.2. The van der Waals surface area contributed by atoms with Crippen molar-refractivity contribution in [1.29, 1.82) is 0 Å². The molecular weight excluding hydrogens is 446 g/mol. The first kappa shape index (κ1) is 27.4. The fourth-order valence-electron chi connectivity index (χ4n) is 5.01. The fraction of sp³-hybridized carbons (Fsp3) is 0.438. The summed E-state index contributed by atoms with van der Waals surface area (Å²) in [6.45, 7) is 14.1. The van der Waals surface area contributed by atoms with Gasteiger partial charge >= 0.3 is 0 Å². The number of carbonyl (C=O) groups excluding carboxylic acids is 2. The molecule has 36 heavy (non-hydrogen) atoms. The Morgan fingerprint density at radius 1 is 0.750 bits per heavy atom. The molecule has 0 heterocycles. The van der Waals surface area contributed by atoms with E-state index >= 15 is 0 Å². The van der Waals surface area contributed by atoms with Crippen molar-refractivity contribution in [3.63, 3.8) is 0 Å². The lowest BCUT2D eigenvalue weighted by Crippen LogP contribution is -2.26. The third-order valence-corrected chi connectivity index (χ3v) is 7.08. The zero-order chi connectivity index (χ0) is 26.2. The van der Waals surface area contributed by atoms with E-state index in [1.807, 2.05) is 32.0 Å².